The van der Waals surface area contributed by atoms with E-state index in [9.17, 15) is 8.78 Å². The number of benzene rings is 2. The highest BCUT2D eigenvalue weighted by Gasteiger charge is 2.20. The molecule has 0 bridgehead atoms. The Morgan fingerprint density at radius 2 is 1.75 bits per heavy atom. The van der Waals surface area contributed by atoms with Gasteiger partial charge >= 0.3 is 0 Å². The predicted molar refractivity (Wildman–Crippen MR) is 80.6 cm³/mol. The summed E-state index contributed by atoms with van der Waals surface area (Å²) in [5.74, 6) is -1.10. The van der Waals surface area contributed by atoms with Gasteiger partial charge in [0.1, 0.15) is 11.6 Å². The molecule has 2 rings (SSSR count). The molecule has 20 heavy (non-hydrogen) atoms. The lowest BCUT2D eigenvalue weighted by atomic mass is 9.89. The van der Waals surface area contributed by atoms with Crippen LogP contribution in [0.1, 0.15) is 24.0 Å². The molecule has 0 saturated heterocycles. The van der Waals surface area contributed by atoms with E-state index in [1.165, 1.54) is 12.1 Å². The molecule has 1 nitrogen and oxygen atoms in total. The van der Waals surface area contributed by atoms with Crippen LogP contribution in [0.3, 0.4) is 0 Å². The molecular weight excluding hydrogens is 324 g/mol. The van der Waals surface area contributed by atoms with Gasteiger partial charge in [-0.05, 0) is 46.0 Å². The number of hydrogen-bond donors (Lipinski definition) is 1. The summed E-state index contributed by atoms with van der Waals surface area (Å²) in [6.45, 7) is 1.97. The topological polar surface area (TPSA) is 26.0 Å². The molecule has 106 valence electrons. The van der Waals surface area contributed by atoms with Crippen molar-refractivity contribution in [3.8, 4) is 0 Å². The monoisotopic (exact) mass is 339 g/mol. The molecule has 0 spiro atoms. The second-order valence-electron chi connectivity index (χ2n) is 4.89. The summed E-state index contributed by atoms with van der Waals surface area (Å²) in [5, 5.41) is 0. The normalized spacial score (nSPS) is 14.1. The Morgan fingerprint density at radius 1 is 1.10 bits per heavy atom. The molecule has 2 atom stereocenters. The predicted octanol–water partition coefficient (Wildman–Crippen LogP) is 4.40. The van der Waals surface area contributed by atoms with Crippen LogP contribution in [0.4, 0.5) is 8.78 Å². The first-order valence-corrected chi connectivity index (χ1v) is 7.23. The Morgan fingerprint density at radius 3 is 2.40 bits per heavy atom. The van der Waals surface area contributed by atoms with Gasteiger partial charge in [-0.1, -0.05) is 37.3 Å². The van der Waals surface area contributed by atoms with E-state index in [1.54, 1.807) is 0 Å². The Balaban J connectivity index is 2.20. The molecule has 0 aliphatic carbocycles. The molecule has 2 aromatic carbocycles. The lowest BCUT2D eigenvalue weighted by Gasteiger charge is -2.21. The van der Waals surface area contributed by atoms with Crippen LogP contribution < -0.4 is 5.73 Å². The molecule has 2 unspecified atom stereocenters. The minimum atomic E-state index is -0.569. The van der Waals surface area contributed by atoms with Crippen LogP contribution in [0, 0.1) is 11.6 Å². The molecule has 0 aliphatic heterocycles. The Bertz CT molecular complexity index is 587. The molecule has 0 amide bonds. The fourth-order valence-electron chi connectivity index (χ4n) is 2.17. The second-order valence-corrected chi connectivity index (χ2v) is 5.74. The van der Waals surface area contributed by atoms with E-state index in [0.29, 0.717) is 0 Å². The van der Waals surface area contributed by atoms with E-state index in [2.05, 4.69) is 15.9 Å². The van der Waals surface area contributed by atoms with Gasteiger partial charge in [0.05, 0.1) is 4.47 Å². The minimum absolute atomic E-state index is 0.0222. The first-order chi connectivity index (χ1) is 9.50. The van der Waals surface area contributed by atoms with Crippen LogP contribution in [0.25, 0.3) is 0 Å². The standard InChI is InChI=1S/C16H16BrF2N/c1-10(11-5-3-2-4-6-11)15(20)9-12-14(18)8-7-13(17)16(12)19/h2-8,10,15H,9,20H2,1H3. The van der Waals surface area contributed by atoms with E-state index in [4.69, 9.17) is 5.73 Å². The van der Waals surface area contributed by atoms with Crippen molar-refractivity contribution in [2.45, 2.75) is 25.3 Å². The average molecular weight is 340 g/mol. The van der Waals surface area contributed by atoms with Crippen molar-refractivity contribution in [1.82, 2.24) is 0 Å². The van der Waals surface area contributed by atoms with E-state index < -0.39 is 11.6 Å². The fraction of sp³-hybridized carbons (Fsp3) is 0.250. The van der Waals surface area contributed by atoms with Gasteiger partial charge in [-0.15, -0.1) is 0 Å². The Labute approximate surface area is 125 Å². The van der Waals surface area contributed by atoms with Crippen LogP contribution in [0.15, 0.2) is 46.9 Å². The van der Waals surface area contributed by atoms with Crippen molar-refractivity contribution in [2.75, 3.05) is 0 Å². The van der Waals surface area contributed by atoms with E-state index in [0.717, 1.165) is 5.56 Å². The van der Waals surface area contributed by atoms with Crippen molar-refractivity contribution in [2.24, 2.45) is 5.73 Å². The molecule has 0 aromatic heterocycles. The maximum Gasteiger partial charge on any atom is 0.143 e. The Hall–Kier alpha value is -1.26. The van der Waals surface area contributed by atoms with Crippen LogP contribution in [-0.4, -0.2) is 6.04 Å². The number of halogens is 3. The first kappa shape index (κ1) is 15.1. The number of hydrogen-bond acceptors (Lipinski definition) is 1. The third kappa shape index (κ3) is 3.25. The molecule has 0 saturated carbocycles. The van der Waals surface area contributed by atoms with Crippen molar-refractivity contribution >= 4 is 15.9 Å². The molecule has 2 aromatic rings. The SMILES string of the molecule is CC(c1ccccc1)C(N)Cc1c(F)ccc(Br)c1F. The van der Waals surface area contributed by atoms with Gasteiger partial charge in [0.2, 0.25) is 0 Å². The molecule has 0 aliphatic rings. The summed E-state index contributed by atoms with van der Waals surface area (Å²) in [5.41, 5.74) is 7.22. The van der Waals surface area contributed by atoms with Gasteiger partial charge in [-0.2, -0.15) is 0 Å². The largest absolute Gasteiger partial charge is 0.327 e. The molecule has 0 heterocycles. The first-order valence-electron chi connectivity index (χ1n) is 6.43. The van der Waals surface area contributed by atoms with Gasteiger partial charge in [0.15, 0.2) is 0 Å². The summed E-state index contributed by atoms with van der Waals surface area (Å²) >= 11 is 3.07. The van der Waals surface area contributed by atoms with Crippen molar-refractivity contribution < 1.29 is 8.78 Å². The highest BCUT2D eigenvalue weighted by Crippen LogP contribution is 2.26. The summed E-state index contributed by atoms with van der Waals surface area (Å²) in [4.78, 5) is 0. The molecule has 0 fully saturated rings. The van der Waals surface area contributed by atoms with E-state index in [-0.39, 0.29) is 28.4 Å². The average Bonchev–Trinajstić information content (AvgIpc) is 2.47. The van der Waals surface area contributed by atoms with Gasteiger partial charge in [-0.3, -0.25) is 0 Å². The maximum absolute atomic E-state index is 13.9. The lowest BCUT2D eigenvalue weighted by Crippen LogP contribution is -2.30. The highest BCUT2D eigenvalue weighted by atomic mass is 79.9. The molecule has 2 N–H and O–H groups in total. The van der Waals surface area contributed by atoms with E-state index in [1.807, 2.05) is 37.3 Å². The second kappa shape index (κ2) is 6.46. The zero-order valence-corrected chi connectivity index (χ0v) is 12.7. The number of rotatable bonds is 4. The third-order valence-electron chi connectivity index (χ3n) is 3.55. The van der Waals surface area contributed by atoms with Crippen LogP contribution in [0.5, 0.6) is 0 Å². The summed E-state index contributed by atoms with van der Waals surface area (Å²) in [6.07, 6.45) is 0.160. The van der Waals surface area contributed by atoms with Crippen molar-refractivity contribution in [1.29, 1.82) is 0 Å². The summed E-state index contributed by atoms with van der Waals surface area (Å²) < 4.78 is 27.9. The Kier molecular flexibility index (Phi) is 4.89. The molecule has 4 heteroatoms. The molecular formula is C16H16BrF2N. The van der Waals surface area contributed by atoms with E-state index >= 15 is 0 Å². The van der Waals surface area contributed by atoms with Crippen molar-refractivity contribution in [3.63, 3.8) is 0 Å². The van der Waals surface area contributed by atoms with Gasteiger partial charge in [0.25, 0.3) is 0 Å². The van der Waals surface area contributed by atoms with Gasteiger partial charge in [0, 0.05) is 11.6 Å². The zero-order chi connectivity index (χ0) is 14.7. The smallest absolute Gasteiger partial charge is 0.143 e. The molecule has 0 radical (unpaired) electrons. The van der Waals surface area contributed by atoms with Crippen LogP contribution in [-0.2, 0) is 6.42 Å². The highest BCUT2D eigenvalue weighted by molar-refractivity contribution is 9.10. The van der Waals surface area contributed by atoms with Gasteiger partial charge in [-0.25, -0.2) is 8.78 Å². The number of nitrogens with two attached hydrogens (primary N) is 1. The maximum atomic E-state index is 13.9. The quantitative estimate of drug-likeness (QED) is 0.821. The summed E-state index contributed by atoms with van der Waals surface area (Å²) in [6, 6.07) is 12.0. The third-order valence-corrected chi connectivity index (χ3v) is 4.16. The summed E-state index contributed by atoms with van der Waals surface area (Å²) in [7, 11) is 0. The minimum Gasteiger partial charge on any atom is -0.327 e. The lowest BCUT2D eigenvalue weighted by molar-refractivity contribution is 0.505. The van der Waals surface area contributed by atoms with Crippen molar-refractivity contribution in [3.05, 3.63) is 69.7 Å². The van der Waals surface area contributed by atoms with Crippen LogP contribution in [0.2, 0.25) is 0 Å². The van der Waals surface area contributed by atoms with Gasteiger partial charge < -0.3 is 5.73 Å². The fourth-order valence-corrected chi connectivity index (χ4v) is 2.54. The zero-order valence-electron chi connectivity index (χ0n) is 11.1. The van der Waals surface area contributed by atoms with Crippen LogP contribution >= 0.6 is 15.9 Å².